The number of nitrogens with zero attached hydrogens (tertiary/aromatic N) is 1. The van der Waals surface area contributed by atoms with E-state index in [9.17, 15) is 4.79 Å². The van der Waals surface area contributed by atoms with Gasteiger partial charge in [-0.3, -0.25) is 4.79 Å². The maximum Gasteiger partial charge on any atom is 0.254 e. The van der Waals surface area contributed by atoms with Crippen molar-refractivity contribution in [2.75, 3.05) is 26.4 Å². The normalized spacial score (nSPS) is 16.8. The van der Waals surface area contributed by atoms with Gasteiger partial charge in [-0.2, -0.15) is 0 Å². The lowest BCUT2D eigenvalue weighted by Gasteiger charge is -2.23. The van der Waals surface area contributed by atoms with E-state index in [4.69, 9.17) is 14.2 Å². The number of aryl methyl sites for hydroxylation is 1. The molecule has 3 rings (SSSR count). The summed E-state index contributed by atoms with van der Waals surface area (Å²) < 4.78 is 18.4. The Hall–Kier alpha value is -2.55. The Morgan fingerprint density at radius 2 is 2.03 bits per heavy atom. The predicted molar refractivity (Wildman–Crippen MR) is 113 cm³/mol. The fourth-order valence-corrected chi connectivity index (χ4v) is 3.00. The maximum absolute atomic E-state index is 12.7. The molecule has 0 amide bonds. The van der Waals surface area contributed by atoms with Crippen LogP contribution >= 0.6 is 0 Å². The summed E-state index contributed by atoms with van der Waals surface area (Å²) >= 11 is 0. The third kappa shape index (κ3) is 6.49. The van der Waals surface area contributed by atoms with E-state index < -0.39 is 0 Å². The van der Waals surface area contributed by atoms with Gasteiger partial charge in [-0.05, 0) is 51.5 Å². The highest BCUT2D eigenvalue weighted by Gasteiger charge is 2.15. The van der Waals surface area contributed by atoms with Crippen LogP contribution in [0.25, 0.3) is 0 Å². The van der Waals surface area contributed by atoms with Gasteiger partial charge in [-0.15, -0.1) is 0 Å². The monoisotopic (exact) mass is 395 g/mol. The van der Waals surface area contributed by atoms with Crippen molar-refractivity contribution in [2.24, 2.45) is 5.41 Å². The second kappa shape index (κ2) is 9.30. The average molecular weight is 395 g/mol. The Kier molecular flexibility index (Phi) is 6.79. The van der Waals surface area contributed by atoms with Gasteiger partial charge in [0.1, 0.15) is 18.5 Å². The van der Waals surface area contributed by atoms with Crippen molar-refractivity contribution >= 4 is 0 Å². The molecular formula is C24H29NO4. The molecular weight excluding hydrogens is 366 g/mol. The molecule has 5 nitrogen and oxygen atoms in total. The zero-order valence-corrected chi connectivity index (χ0v) is 17.7. The lowest BCUT2D eigenvalue weighted by atomic mass is 9.97. The van der Waals surface area contributed by atoms with Crippen molar-refractivity contribution in [3.8, 4) is 17.6 Å². The molecule has 0 N–H and O–H groups in total. The molecule has 1 saturated heterocycles. The van der Waals surface area contributed by atoms with Crippen molar-refractivity contribution < 1.29 is 14.2 Å². The van der Waals surface area contributed by atoms with E-state index in [1.807, 2.05) is 37.3 Å². The van der Waals surface area contributed by atoms with E-state index in [0.717, 1.165) is 16.8 Å². The molecule has 1 aliphatic heterocycles. The molecule has 1 aliphatic rings. The SMILES string of the molecule is Cc1cc(OC[C@H]2COCCO2)cc(=O)n1Cc1cccc(C#CC(C)(C)C)c1. The van der Waals surface area contributed by atoms with Crippen molar-refractivity contribution in [3.63, 3.8) is 0 Å². The van der Waals surface area contributed by atoms with Crippen molar-refractivity contribution in [1.29, 1.82) is 0 Å². The fraction of sp³-hybridized carbons (Fsp3) is 0.458. The summed E-state index contributed by atoms with van der Waals surface area (Å²) in [6.45, 7) is 10.8. The zero-order chi connectivity index (χ0) is 20.9. The van der Waals surface area contributed by atoms with Gasteiger partial charge in [-0.1, -0.05) is 24.0 Å². The first-order valence-electron chi connectivity index (χ1n) is 9.96. The van der Waals surface area contributed by atoms with Gasteiger partial charge >= 0.3 is 0 Å². The van der Waals surface area contributed by atoms with Gasteiger partial charge in [0.05, 0.1) is 26.4 Å². The Morgan fingerprint density at radius 1 is 1.21 bits per heavy atom. The second-order valence-corrected chi connectivity index (χ2v) is 8.34. The second-order valence-electron chi connectivity index (χ2n) is 8.34. The first-order valence-corrected chi connectivity index (χ1v) is 9.96. The minimum atomic E-state index is -0.0940. The van der Waals surface area contributed by atoms with E-state index in [2.05, 4.69) is 32.6 Å². The van der Waals surface area contributed by atoms with Gasteiger partial charge in [0.15, 0.2) is 0 Å². The summed E-state index contributed by atoms with van der Waals surface area (Å²) in [7, 11) is 0. The summed E-state index contributed by atoms with van der Waals surface area (Å²) in [5, 5.41) is 0. The maximum atomic E-state index is 12.7. The molecule has 0 unspecified atom stereocenters. The molecule has 5 heteroatoms. The Bertz CT molecular complexity index is 953. The van der Waals surface area contributed by atoms with Gasteiger partial charge < -0.3 is 18.8 Å². The quantitative estimate of drug-likeness (QED) is 0.728. The minimum absolute atomic E-state index is 0.0475. The third-order valence-electron chi connectivity index (χ3n) is 4.48. The molecule has 2 heterocycles. The number of aromatic nitrogens is 1. The topological polar surface area (TPSA) is 49.7 Å². The average Bonchev–Trinajstić information content (AvgIpc) is 2.68. The van der Waals surface area contributed by atoms with Gasteiger partial charge in [0.2, 0.25) is 0 Å². The Morgan fingerprint density at radius 3 is 2.72 bits per heavy atom. The lowest BCUT2D eigenvalue weighted by molar-refractivity contribution is -0.101. The van der Waals surface area contributed by atoms with Gasteiger partial charge in [0.25, 0.3) is 5.56 Å². The van der Waals surface area contributed by atoms with Crippen molar-refractivity contribution in [2.45, 2.75) is 40.3 Å². The Labute approximate surface area is 172 Å². The number of rotatable bonds is 5. The molecule has 0 saturated carbocycles. The summed E-state index contributed by atoms with van der Waals surface area (Å²) in [5.74, 6) is 7.02. The van der Waals surface area contributed by atoms with Crippen LogP contribution in [-0.4, -0.2) is 37.1 Å². The van der Waals surface area contributed by atoms with Crippen LogP contribution in [0, 0.1) is 24.2 Å². The zero-order valence-electron chi connectivity index (χ0n) is 17.7. The molecule has 0 aliphatic carbocycles. The molecule has 29 heavy (non-hydrogen) atoms. The highest BCUT2D eigenvalue weighted by Crippen LogP contribution is 2.15. The van der Waals surface area contributed by atoms with Crippen molar-refractivity contribution in [3.05, 3.63) is 63.6 Å². The molecule has 1 aromatic heterocycles. The molecule has 0 spiro atoms. The van der Waals surface area contributed by atoms with Crippen LogP contribution in [0.4, 0.5) is 0 Å². The standard InChI is InChI=1S/C24H29NO4/c1-18-12-21(29-17-22-16-27-10-11-28-22)14-23(26)25(18)15-20-7-5-6-19(13-20)8-9-24(2,3)4/h5-7,12-14,22H,10-11,15-17H2,1-4H3/t22-/m1/s1. The van der Waals surface area contributed by atoms with Crippen LogP contribution in [0.1, 0.15) is 37.6 Å². The predicted octanol–water partition coefficient (Wildman–Crippen LogP) is 3.40. The molecule has 154 valence electrons. The van der Waals surface area contributed by atoms with Gasteiger partial charge in [0, 0.05) is 22.7 Å². The minimum Gasteiger partial charge on any atom is -0.491 e. The number of ether oxygens (including phenoxy) is 3. The van der Waals surface area contributed by atoms with E-state index in [1.165, 1.54) is 6.07 Å². The summed E-state index contributed by atoms with van der Waals surface area (Å²) in [6.07, 6.45) is -0.0940. The first-order chi connectivity index (χ1) is 13.8. The number of hydrogen-bond acceptors (Lipinski definition) is 4. The molecule has 1 atom stereocenters. The van der Waals surface area contributed by atoms with Crippen LogP contribution in [0.5, 0.6) is 5.75 Å². The van der Waals surface area contributed by atoms with E-state index >= 15 is 0 Å². The number of pyridine rings is 1. The molecule has 0 radical (unpaired) electrons. The van der Waals surface area contributed by atoms with Crippen molar-refractivity contribution in [1.82, 2.24) is 4.57 Å². The summed E-state index contributed by atoms with van der Waals surface area (Å²) in [5.41, 5.74) is 2.70. The fourth-order valence-electron chi connectivity index (χ4n) is 3.00. The van der Waals surface area contributed by atoms with Crippen LogP contribution in [-0.2, 0) is 16.0 Å². The lowest BCUT2D eigenvalue weighted by Crippen LogP contribution is -2.33. The smallest absolute Gasteiger partial charge is 0.254 e. The molecule has 1 aromatic carbocycles. The molecule has 2 aromatic rings. The largest absolute Gasteiger partial charge is 0.491 e. The molecule has 1 fully saturated rings. The third-order valence-corrected chi connectivity index (χ3v) is 4.48. The van der Waals surface area contributed by atoms with E-state index in [-0.39, 0.29) is 17.1 Å². The first kappa shape index (κ1) is 21.2. The Balaban J connectivity index is 1.71. The van der Waals surface area contributed by atoms with E-state index in [0.29, 0.717) is 38.7 Å². The molecule has 0 bridgehead atoms. The number of hydrogen-bond donors (Lipinski definition) is 0. The summed E-state index contributed by atoms with van der Waals surface area (Å²) in [6, 6.07) is 11.4. The highest BCUT2D eigenvalue weighted by molar-refractivity contribution is 5.38. The number of benzene rings is 1. The summed E-state index contributed by atoms with van der Waals surface area (Å²) in [4.78, 5) is 12.7. The van der Waals surface area contributed by atoms with Crippen LogP contribution in [0.2, 0.25) is 0 Å². The van der Waals surface area contributed by atoms with Crippen LogP contribution < -0.4 is 10.3 Å². The van der Waals surface area contributed by atoms with Crippen LogP contribution in [0.3, 0.4) is 0 Å². The van der Waals surface area contributed by atoms with Gasteiger partial charge in [-0.25, -0.2) is 0 Å². The highest BCUT2D eigenvalue weighted by atomic mass is 16.6. The van der Waals surface area contributed by atoms with E-state index in [1.54, 1.807) is 4.57 Å². The van der Waals surface area contributed by atoms with Crippen LogP contribution in [0.15, 0.2) is 41.2 Å².